The summed E-state index contributed by atoms with van der Waals surface area (Å²) < 4.78 is 42.8. The van der Waals surface area contributed by atoms with E-state index in [9.17, 15) is 18.0 Å². The Morgan fingerprint density at radius 3 is 2.47 bits per heavy atom. The quantitative estimate of drug-likeness (QED) is 0.784. The number of ether oxygens (including phenoxy) is 1. The normalized spacial score (nSPS) is 27.6. The molecule has 0 aromatic rings. The second-order valence-corrected chi connectivity index (χ2v) is 4.45. The zero-order valence-electron chi connectivity index (χ0n) is 10.0. The van der Waals surface area contributed by atoms with Crippen LogP contribution in [0, 0.1) is 5.92 Å². The molecule has 0 spiro atoms. The van der Waals surface area contributed by atoms with Crippen LogP contribution >= 0.6 is 0 Å². The van der Waals surface area contributed by atoms with Crippen LogP contribution in [-0.2, 0) is 9.53 Å². The average molecular weight is 253 g/mol. The molecular formula is C11H18F3NO2. The molecule has 1 aliphatic carbocycles. The number of carbonyl (C=O) groups excluding carboxylic acids is 1. The van der Waals surface area contributed by atoms with Gasteiger partial charge in [0.25, 0.3) is 0 Å². The van der Waals surface area contributed by atoms with Gasteiger partial charge >= 0.3 is 12.1 Å². The summed E-state index contributed by atoms with van der Waals surface area (Å²) in [5.41, 5.74) is 0. The Kier molecular flexibility index (Phi) is 4.80. The van der Waals surface area contributed by atoms with Crippen LogP contribution in [0.4, 0.5) is 13.2 Å². The van der Waals surface area contributed by atoms with Gasteiger partial charge in [-0.15, -0.1) is 0 Å². The zero-order valence-corrected chi connectivity index (χ0v) is 10.0. The molecule has 6 heteroatoms. The van der Waals surface area contributed by atoms with E-state index in [2.05, 4.69) is 10.1 Å². The molecule has 0 aromatic carbocycles. The molecule has 1 rings (SSSR count). The van der Waals surface area contributed by atoms with Gasteiger partial charge in [0, 0.05) is 6.04 Å². The Morgan fingerprint density at radius 1 is 1.35 bits per heavy atom. The fourth-order valence-electron chi connectivity index (χ4n) is 2.29. The molecule has 0 aromatic heterocycles. The molecule has 3 atom stereocenters. The van der Waals surface area contributed by atoms with Crippen molar-refractivity contribution in [1.82, 2.24) is 5.32 Å². The topological polar surface area (TPSA) is 38.3 Å². The Bertz CT molecular complexity index is 268. The maximum atomic E-state index is 12.8. The summed E-state index contributed by atoms with van der Waals surface area (Å²) in [6, 6.07) is -1.38. The number of hydrogen-bond acceptors (Lipinski definition) is 3. The molecule has 0 radical (unpaired) electrons. The van der Waals surface area contributed by atoms with Crippen molar-refractivity contribution in [2.24, 2.45) is 5.92 Å². The number of hydrogen-bond donors (Lipinski definition) is 1. The van der Waals surface area contributed by atoms with Crippen molar-refractivity contribution >= 4 is 5.97 Å². The minimum atomic E-state index is -4.20. The monoisotopic (exact) mass is 253 g/mol. The predicted octanol–water partition coefficient (Wildman–Crippen LogP) is 2.26. The fourth-order valence-corrected chi connectivity index (χ4v) is 2.29. The van der Waals surface area contributed by atoms with Crippen molar-refractivity contribution < 1.29 is 22.7 Å². The fraction of sp³-hybridized carbons (Fsp3) is 0.909. The highest BCUT2D eigenvalue weighted by atomic mass is 19.4. The van der Waals surface area contributed by atoms with Gasteiger partial charge in [-0.2, -0.15) is 13.2 Å². The maximum absolute atomic E-state index is 12.8. The maximum Gasteiger partial charge on any atom is 0.393 e. The van der Waals surface area contributed by atoms with Gasteiger partial charge in [0.1, 0.15) is 6.04 Å². The van der Waals surface area contributed by atoms with Crippen LogP contribution in [-0.4, -0.2) is 31.3 Å². The van der Waals surface area contributed by atoms with E-state index in [0.717, 1.165) is 6.42 Å². The highest BCUT2D eigenvalue weighted by molar-refractivity contribution is 5.75. The van der Waals surface area contributed by atoms with Crippen LogP contribution in [0.25, 0.3) is 0 Å². The second-order valence-electron chi connectivity index (χ2n) is 4.45. The number of esters is 1. The van der Waals surface area contributed by atoms with Crippen molar-refractivity contribution in [3.8, 4) is 0 Å². The molecule has 0 bridgehead atoms. The largest absolute Gasteiger partial charge is 0.468 e. The minimum Gasteiger partial charge on any atom is -0.468 e. The van der Waals surface area contributed by atoms with Gasteiger partial charge in [-0.1, -0.05) is 12.8 Å². The summed E-state index contributed by atoms with van der Waals surface area (Å²) in [5.74, 6) is -1.89. The summed E-state index contributed by atoms with van der Waals surface area (Å²) >= 11 is 0. The summed E-state index contributed by atoms with van der Waals surface area (Å²) in [5, 5.41) is 2.73. The Labute approximate surface area is 98.7 Å². The lowest BCUT2D eigenvalue weighted by Gasteiger charge is -2.34. The van der Waals surface area contributed by atoms with Gasteiger partial charge < -0.3 is 10.1 Å². The van der Waals surface area contributed by atoms with Gasteiger partial charge in [0.15, 0.2) is 0 Å². The van der Waals surface area contributed by atoms with Gasteiger partial charge in [-0.3, -0.25) is 4.79 Å². The molecule has 0 heterocycles. The van der Waals surface area contributed by atoms with E-state index in [1.54, 1.807) is 0 Å². The number of halogens is 3. The van der Waals surface area contributed by atoms with Crippen LogP contribution in [0.2, 0.25) is 0 Å². The van der Waals surface area contributed by atoms with Crippen LogP contribution < -0.4 is 5.32 Å². The summed E-state index contributed by atoms with van der Waals surface area (Å²) in [4.78, 5) is 11.2. The van der Waals surface area contributed by atoms with Crippen molar-refractivity contribution in [2.45, 2.75) is 50.9 Å². The van der Waals surface area contributed by atoms with Crippen molar-refractivity contribution in [3.05, 3.63) is 0 Å². The molecule has 0 aliphatic heterocycles. The molecule has 1 N–H and O–H groups in total. The lowest BCUT2D eigenvalue weighted by atomic mass is 9.83. The van der Waals surface area contributed by atoms with Gasteiger partial charge in [-0.25, -0.2) is 0 Å². The number of carbonyl (C=O) groups is 1. The van der Waals surface area contributed by atoms with Gasteiger partial charge in [-0.05, 0) is 19.8 Å². The van der Waals surface area contributed by atoms with E-state index in [4.69, 9.17) is 0 Å². The first kappa shape index (κ1) is 14.3. The Hall–Kier alpha value is -0.780. The van der Waals surface area contributed by atoms with E-state index < -0.39 is 30.1 Å². The van der Waals surface area contributed by atoms with Crippen molar-refractivity contribution in [3.63, 3.8) is 0 Å². The first-order valence-electron chi connectivity index (χ1n) is 5.77. The van der Waals surface area contributed by atoms with Crippen LogP contribution in [0.1, 0.15) is 32.6 Å². The molecular weight excluding hydrogens is 235 g/mol. The van der Waals surface area contributed by atoms with Gasteiger partial charge in [0.05, 0.1) is 13.0 Å². The third-order valence-electron chi connectivity index (χ3n) is 3.21. The number of nitrogens with one attached hydrogen (secondary N) is 1. The molecule has 1 aliphatic rings. The first-order valence-corrected chi connectivity index (χ1v) is 5.77. The lowest BCUT2D eigenvalue weighted by Crippen LogP contribution is -2.50. The first-order chi connectivity index (χ1) is 7.86. The van der Waals surface area contributed by atoms with Crippen molar-refractivity contribution in [1.29, 1.82) is 0 Å². The number of alkyl halides is 3. The summed E-state index contributed by atoms with van der Waals surface area (Å²) in [6.07, 6.45) is -2.26. The van der Waals surface area contributed by atoms with E-state index >= 15 is 0 Å². The molecule has 3 unspecified atom stereocenters. The SMILES string of the molecule is COC(=O)C(C)NC1CCCCC1C(F)(F)F. The predicted molar refractivity (Wildman–Crippen MR) is 56.4 cm³/mol. The van der Waals surface area contributed by atoms with Crippen LogP contribution in [0.3, 0.4) is 0 Å². The highest BCUT2D eigenvalue weighted by Gasteiger charge is 2.45. The highest BCUT2D eigenvalue weighted by Crippen LogP contribution is 2.37. The number of methoxy groups -OCH3 is 1. The third-order valence-corrected chi connectivity index (χ3v) is 3.21. The van der Waals surface area contributed by atoms with E-state index in [0.29, 0.717) is 12.8 Å². The minimum absolute atomic E-state index is 0.134. The Balaban J connectivity index is 2.63. The molecule has 0 saturated heterocycles. The average Bonchev–Trinajstić information content (AvgIpc) is 2.27. The second kappa shape index (κ2) is 5.71. The molecule has 17 heavy (non-hydrogen) atoms. The standard InChI is InChI=1S/C11H18F3NO2/c1-7(10(16)17-2)15-9-6-4-3-5-8(9)11(12,13)14/h7-9,15H,3-6H2,1-2H3. The van der Waals surface area contributed by atoms with Gasteiger partial charge in [0.2, 0.25) is 0 Å². The zero-order chi connectivity index (χ0) is 13.1. The third kappa shape index (κ3) is 3.87. The molecule has 0 amide bonds. The van der Waals surface area contributed by atoms with E-state index in [1.165, 1.54) is 14.0 Å². The summed E-state index contributed by atoms with van der Waals surface area (Å²) in [6.45, 7) is 1.52. The molecule has 1 saturated carbocycles. The van der Waals surface area contributed by atoms with E-state index in [-0.39, 0.29) is 6.42 Å². The van der Waals surface area contributed by atoms with Crippen molar-refractivity contribution in [2.75, 3.05) is 7.11 Å². The van der Waals surface area contributed by atoms with Crippen LogP contribution in [0.15, 0.2) is 0 Å². The Morgan fingerprint density at radius 2 is 1.94 bits per heavy atom. The molecule has 1 fully saturated rings. The number of rotatable bonds is 3. The summed E-state index contributed by atoms with van der Waals surface area (Å²) in [7, 11) is 1.22. The molecule has 100 valence electrons. The van der Waals surface area contributed by atoms with Crippen LogP contribution in [0.5, 0.6) is 0 Å². The smallest absolute Gasteiger partial charge is 0.393 e. The lowest BCUT2D eigenvalue weighted by molar-refractivity contribution is -0.190. The molecule has 3 nitrogen and oxygen atoms in total. The van der Waals surface area contributed by atoms with E-state index in [1.807, 2.05) is 0 Å².